The Balaban J connectivity index is 3.03. The van der Waals surface area contributed by atoms with E-state index in [0.29, 0.717) is 5.82 Å². The van der Waals surface area contributed by atoms with Gasteiger partial charge in [0.1, 0.15) is 19.2 Å². The number of esters is 1. The minimum absolute atomic E-state index is 0.0544. The Morgan fingerprint density at radius 3 is 2.87 bits per heavy atom. The van der Waals surface area contributed by atoms with Gasteiger partial charge >= 0.3 is 5.97 Å². The van der Waals surface area contributed by atoms with Crippen LogP contribution in [0.3, 0.4) is 0 Å². The van der Waals surface area contributed by atoms with Gasteiger partial charge in [0.25, 0.3) is 5.56 Å². The summed E-state index contributed by atoms with van der Waals surface area (Å²) in [6.07, 6.45) is 1.26. The fraction of sp³-hybridized carbons (Fsp3) is 0.444. The molecule has 5 nitrogen and oxygen atoms in total. The molecule has 0 radical (unpaired) electrons. The summed E-state index contributed by atoms with van der Waals surface area (Å²) < 4.78 is 4.71. The van der Waals surface area contributed by atoms with Crippen LogP contribution in [0.1, 0.15) is 35.8 Å². The topological polar surface area (TPSA) is 72.0 Å². The van der Waals surface area contributed by atoms with Crippen LogP contribution >= 0.6 is 0 Å². The molecule has 1 heterocycles. The number of carbonyl (C=O) groups is 1. The van der Waals surface area contributed by atoms with Gasteiger partial charge in [-0.1, -0.05) is 6.92 Å². The van der Waals surface area contributed by atoms with Gasteiger partial charge in [-0.25, -0.2) is 9.78 Å². The van der Waals surface area contributed by atoms with Crippen molar-refractivity contribution in [3.8, 4) is 0 Å². The second kappa shape index (κ2) is 4.77. The van der Waals surface area contributed by atoms with Gasteiger partial charge in [-0.15, -0.1) is 0 Å². The number of rotatable bonds is 3. The number of nitrogens with zero attached hydrogens (tertiary/aromatic N) is 1. The van der Waals surface area contributed by atoms with Crippen molar-refractivity contribution in [2.75, 3.05) is 6.61 Å². The van der Waals surface area contributed by atoms with E-state index in [1.165, 1.54) is 6.20 Å². The lowest BCUT2D eigenvalue weighted by atomic mass is 9.89. The van der Waals surface area contributed by atoms with Crippen molar-refractivity contribution in [3.63, 3.8) is 0 Å². The second-order valence-corrected chi connectivity index (χ2v) is 3.39. The Bertz CT molecular complexity index is 414. The lowest BCUT2D eigenvalue weighted by Crippen LogP contribution is -2.22. The van der Waals surface area contributed by atoms with Crippen molar-refractivity contribution in [1.82, 2.24) is 9.97 Å². The fourth-order valence-electron chi connectivity index (χ4n) is 1.06. The number of aromatic nitrogens is 2. The molecular formula is C9H13BN2O3. The highest BCUT2D eigenvalue weighted by molar-refractivity contribution is 6.11. The second-order valence-electron chi connectivity index (χ2n) is 3.39. The normalized spacial score (nSPS) is 12.1. The van der Waals surface area contributed by atoms with Crippen LogP contribution in [-0.4, -0.2) is 30.4 Å². The molecule has 1 N–H and O–H groups in total. The highest BCUT2D eigenvalue weighted by atomic mass is 16.5. The Morgan fingerprint density at radius 2 is 2.40 bits per heavy atom. The summed E-state index contributed by atoms with van der Waals surface area (Å²) >= 11 is 0. The average molecular weight is 208 g/mol. The molecule has 1 rings (SSSR count). The van der Waals surface area contributed by atoms with Crippen LogP contribution in [0.4, 0.5) is 0 Å². The first kappa shape index (κ1) is 11.5. The Morgan fingerprint density at radius 1 is 1.73 bits per heavy atom. The minimum atomic E-state index is -0.637. The van der Waals surface area contributed by atoms with Gasteiger partial charge in [-0.2, -0.15) is 0 Å². The number of hydrogen-bond acceptors (Lipinski definition) is 4. The van der Waals surface area contributed by atoms with Crippen LogP contribution in [0, 0.1) is 0 Å². The van der Waals surface area contributed by atoms with Gasteiger partial charge < -0.3 is 9.72 Å². The Kier molecular flexibility index (Phi) is 3.65. The van der Waals surface area contributed by atoms with Gasteiger partial charge in [-0.3, -0.25) is 4.79 Å². The van der Waals surface area contributed by atoms with Crippen molar-refractivity contribution < 1.29 is 9.53 Å². The molecule has 0 amide bonds. The van der Waals surface area contributed by atoms with Crippen LogP contribution < -0.4 is 5.56 Å². The molecule has 0 saturated carbocycles. The summed E-state index contributed by atoms with van der Waals surface area (Å²) in [6.45, 7) is 3.83. The molecular weight excluding hydrogens is 195 g/mol. The highest BCUT2D eigenvalue weighted by Crippen LogP contribution is 2.02. The molecule has 1 aromatic heterocycles. The SMILES string of the molecule is BC(C)c1ncc(C(=O)OCC)c(=O)[nH]1. The third kappa shape index (κ3) is 2.68. The van der Waals surface area contributed by atoms with E-state index >= 15 is 0 Å². The molecule has 0 aliphatic carbocycles. The van der Waals surface area contributed by atoms with Gasteiger partial charge in [0.2, 0.25) is 0 Å². The number of carbonyl (C=O) groups excluding carboxylic acids is 1. The maximum absolute atomic E-state index is 11.5. The first-order valence-electron chi connectivity index (χ1n) is 4.82. The minimum Gasteiger partial charge on any atom is -0.462 e. The van der Waals surface area contributed by atoms with Crippen molar-refractivity contribution in [3.05, 3.63) is 27.9 Å². The van der Waals surface area contributed by atoms with E-state index in [9.17, 15) is 9.59 Å². The monoisotopic (exact) mass is 208 g/mol. The van der Waals surface area contributed by atoms with E-state index in [-0.39, 0.29) is 18.0 Å². The van der Waals surface area contributed by atoms with Crippen LogP contribution in [0.2, 0.25) is 0 Å². The average Bonchev–Trinajstić information content (AvgIpc) is 2.17. The zero-order chi connectivity index (χ0) is 11.4. The van der Waals surface area contributed by atoms with Crippen molar-refractivity contribution >= 4 is 13.8 Å². The first-order chi connectivity index (χ1) is 7.06. The predicted octanol–water partition coefficient (Wildman–Crippen LogP) is -0.359. The van der Waals surface area contributed by atoms with E-state index < -0.39 is 11.5 Å². The summed E-state index contributed by atoms with van der Waals surface area (Å²) in [5.74, 6) is 0.0450. The molecule has 1 unspecified atom stereocenters. The van der Waals surface area contributed by atoms with E-state index in [1.54, 1.807) is 6.92 Å². The molecule has 0 spiro atoms. The molecule has 1 atom stereocenters. The maximum atomic E-state index is 11.5. The molecule has 0 saturated heterocycles. The number of aromatic amines is 1. The molecule has 0 bridgehead atoms. The van der Waals surface area contributed by atoms with Gasteiger partial charge in [0, 0.05) is 6.20 Å². The third-order valence-corrected chi connectivity index (χ3v) is 1.86. The summed E-state index contributed by atoms with van der Waals surface area (Å²) in [5.41, 5.74) is -0.506. The Labute approximate surface area is 88.3 Å². The largest absolute Gasteiger partial charge is 0.462 e. The van der Waals surface area contributed by atoms with Crippen LogP contribution in [0.5, 0.6) is 0 Å². The number of H-pyrrole nitrogens is 1. The standard InChI is InChI=1S/C9H13BN2O3/c1-3-15-9(14)6-4-11-7(5(2)10)12-8(6)13/h4-5H,3,10H2,1-2H3,(H,11,12,13). The quantitative estimate of drug-likeness (QED) is 0.543. The highest BCUT2D eigenvalue weighted by Gasteiger charge is 2.13. The van der Waals surface area contributed by atoms with Crippen molar-refractivity contribution in [2.45, 2.75) is 19.7 Å². The molecule has 15 heavy (non-hydrogen) atoms. The van der Waals surface area contributed by atoms with Crippen LogP contribution in [-0.2, 0) is 4.74 Å². The number of nitrogens with one attached hydrogen (secondary N) is 1. The molecule has 6 heteroatoms. The molecule has 0 aliphatic heterocycles. The smallest absolute Gasteiger partial charge is 0.345 e. The first-order valence-corrected chi connectivity index (χ1v) is 4.82. The third-order valence-electron chi connectivity index (χ3n) is 1.86. The maximum Gasteiger partial charge on any atom is 0.345 e. The van der Waals surface area contributed by atoms with Gasteiger partial charge in [-0.05, 0) is 12.7 Å². The Hall–Kier alpha value is -1.59. The van der Waals surface area contributed by atoms with Gasteiger partial charge in [0.15, 0.2) is 0 Å². The van der Waals surface area contributed by atoms with Crippen molar-refractivity contribution in [2.24, 2.45) is 0 Å². The van der Waals surface area contributed by atoms with E-state index in [1.807, 2.05) is 14.8 Å². The summed E-state index contributed by atoms with van der Waals surface area (Å²) in [4.78, 5) is 29.3. The molecule has 0 aromatic carbocycles. The summed E-state index contributed by atoms with van der Waals surface area (Å²) in [7, 11) is 1.91. The fourth-order valence-corrected chi connectivity index (χ4v) is 1.06. The lowest BCUT2D eigenvalue weighted by Gasteiger charge is -2.04. The summed E-state index contributed by atoms with van der Waals surface area (Å²) in [6, 6.07) is 0. The van der Waals surface area contributed by atoms with E-state index in [2.05, 4.69) is 9.97 Å². The molecule has 0 fully saturated rings. The van der Waals surface area contributed by atoms with Gasteiger partial charge in [0.05, 0.1) is 6.61 Å². The van der Waals surface area contributed by atoms with E-state index in [0.717, 1.165) is 0 Å². The summed E-state index contributed by atoms with van der Waals surface area (Å²) in [5, 5.41) is 0. The number of ether oxygens (including phenoxy) is 1. The molecule has 0 aliphatic rings. The lowest BCUT2D eigenvalue weighted by molar-refractivity contribution is 0.0523. The predicted molar refractivity (Wildman–Crippen MR) is 57.8 cm³/mol. The van der Waals surface area contributed by atoms with Crippen molar-refractivity contribution in [1.29, 1.82) is 0 Å². The van der Waals surface area contributed by atoms with Crippen LogP contribution in [0.25, 0.3) is 0 Å². The zero-order valence-electron chi connectivity index (χ0n) is 9.03. The zero-order valence-corrected chi connectivity index (χ0v) is 9.03. The van der Waals surface area contributed by atoms with Crippen LogP contribution in [0.15, 0.2) is 11.0 Å². The molecule has 1 aromatic rings. The van der Waals surface area contributed by atoms with E-state index in [4.69, 9.17) is 4.74 Å². The number of hydrogen-bond donors (Lipinski definition) is 1. The molecule has 80 valence electrons.